The van der Waals surface area contributed by atoms with Crippen LogP contribution in [0, 0.1) is 6.92 Å². The van der Waals surface area contributed by atoms with Crippen molar-refractivity contribution in [2.75, 3.05) is 12.4 Å². The summed E-state index contributed by atoms with van der Waals surface area (Å²) in [5, 5.41) is 11.2. The molecule has 9 heteroatoms. The summed E-state index contributed by atoms with van der Waals surface area (Å²) in [5.74, 6) is -0.0157. The van der Waals surface area contributed by atoms with Crippen molar-refractivity contribution < 1.29 is 19.1 Å². The Labute approximate surface area is 200 Å². The molecule has 3 aromatic rings. The lowest BCUT2D eigenvalue weighted by molar-refractivity contribution is 0.0937. The number of methoxy groups -OCH3 is 1. The molecule has 1 atom stereocenters. The lowest BCUT2D eigenvalue weighted by atomic mass is 10.0. The highest BCUT2D eigenvalue weighted by molar-refractivity contribution is 6.22. The van der Waals surface area contributed by atoms with Crippen molar-refractivity contribution in [1.29, 1.82) is 0 Å². The van der Waals surface area contributed by atoms with E-state index in [1.807, 2.05) is 19.1 Å². The fourth-order valence-corrected chi connectivity index (χ4v) is 4.10. The van der Waals surface area contributed by atoms with Gasteiger partial charge in [0.1, 0.15) is 17.5 Å². The van der Waals surface area contributed by atoms with Crippen LogP contribution in [0.1, 0.15) is 43.4 Å². The van der Waals surface area contributed by atoms with Crippen LogP contribution in [0.2, 0.25) is 0 Å². The Morgan fingerprint density at radius 2 is 1.69 bits per heavy atom. The van der Waals surface area contributed by atoms with Crippen molar-refractivity contribution in [3.05, 3.63) is 100 Å². The van der Waals surface area contributed by atoms with Gasteiger partial charge in [-0.3, -0.25) is 15.0 Å². The molecule has 1 aliphatic heterocycles. The van der Waals surface area contributed by atoms with Crippen LogP contribution in [-0.4, -0.2) is 24.8 Å². The zero-order valence-corrected chi connectivity index (χ0v) is 19.0. The van der Waals surface area contributed by atoms with Crippen LogP contribution in [0.3, 0.4) is 0 Å². The molecule has 3 amide bonds. The summed E-state index contributed by atoms with van der Waals surface area (Å²) in [7, 11) is 1.58. The van der Waals surface area contributed by atoms with Crippen molar-refractivity contribution in [3.63, 3.8) is 0 Å². The Kier molecular flexibility index (Phi) is 5.58. The molecule has 3 N–H and O–H groups in total. The summed E-state index contributed by atoms with van der Waals surface area (Å²) in [6, 6.07) is 18.1. The van der Waals surface area contributed by atoms with Crippen LogP contribution in [0.5, 0.6) is 5.75 Å². The fraction of sp³-hybridized carbons (Fsp3) is 0.115. The number of nitrogens with one attached hydrogen (secondary N) is 3. The number of hydrazine groups is 1. The zero-order valence-electron chi connectivity index (χ0n) is 19.0. The summed E-state index contributed by atoms with van der Waals surface area (Å²) in [6.45, 7) is 1.92. The van der Waals surface area contributed by atoms with E-state index in [0.717, 1.165) is 11.1 Å². The van der Waals surface area contributed by atoms with E-state index in [-0.39, 0.29) is 5.78 Å². The van der Waals surface area contributed by atoms with Gasteiger partial charge in [-0.05, 0) is 55.0 Å². The van der Waals surface area contributed by atoms with Gasteiger partial charge in [0.25, 0.3) is 5.91 Å². The predicted octanol–water partition coefficient (Wildman–Crippen LogP) is 4.58. The molecule has 0 spiro atoms. The highest BCUT2D eigenvalue weighted by atomic mass is 16.5. The number of carbonyl (C=O) groups excluding carboxylic acids is 3. The molecule has 0 aromatic heterocycles. The Morgan fingerprint density at radius 3 is 2.40 bits per heavy atom. The number of hydrogen-bond acceptors (Lipinski definition) is 6. The number of anilines is 1. The average Bonchev–Trinajstić information content (AvgIpc) is 3.43. The quantitative estimate of drug-likeness (QED) is 0.486. The molecule has 0 fully saturated rings. The predicted molar refractivity (Wildman–Crippen MR) is 129 cm³/mol. The maximum Gasteiger partial charge on any atom is 0.337 e. The van der Waals surface area contributed by atoms with Crippen molar-refractivity contribution in [2.45, 2.75) is 13.0 Å². The number of nitrogens with zero attached hydrogens (tertiary/aromatic N) is 2. The number of azo groups is 1. The second-order valence-corrected chi connectivity index (χ2v) is 8.11. The minimum atomic E-state index is -0.685. The number of rotatable bonds is 4. The lowest BCUT2D eigenvalue weighted by Gasteiger charge is -2.12. The van der Waals surface area contributed by atoms with Crippen LogP contribution in [-0.2, 0) is 0 Å². The molecule has 5 rings (SSSR count). The van der Waals surface area contributed by atoms with Gasteiger partial charge < -0.3 is 10.1 Å². The second kappa shape index (κ2) is 8.86. The third kappa shape index (κ3) is 4.04. The molecule has 1 unspecified atom stereocenters. The number of Topliss-reactive ketones (excluding diaryl/α,β-unsaturated/α-hetero) is 1. The SMILES string of the molecule is COc1ccc(C2=C3C(=O)c4c(NC(=O)NNC(=O)c5ccc(C)cc5)cccc4C3N=N2)cc1. The molecule has 1 aliphatic carbocycles. The Bertz CT molecular complexity index is 1410. The van der Waals surface area contributed by atoms with Crippen LogP contribution < -0.4 is 20.9 Å². The molecule has 0 saturated carbocycles. The number of benzene rings is 3. The van der Waals surface area contributed by atoms with Gasteiger partial charge in [-0.1, -0.05) is 29.8 Å². The number of ketones is 1. The van der Waals surface area contributed by atoms with Gasteiger partial charge in [-0.2, -0.15) is 10.2 Å². The maximum absolute atomic E-state index is 13.4. The van der Waals surface area contributed by atoms with Gasteiger partial charge in [0.05, 0.1) is 23.9 Å². The molecule has 0 radical (unpaired) electrons. The van der Waals surface area contributed by atoms with Gasteiger partial charge >= 0.3 is 6.03 Å². The second-order valence-electron chi connectivity index (χ2n) is 8.11. The molecular weight excluding hydrogens is 446 g/mol. The van der Waals surface area contributed by atoms with Gasteiger partial charge in [0.2, 0.25) is 0 Å². The smallest absolute Gasteiger partial charge is 0.337 e. The minimum absolute atomic E-state index is 0.250. The number of aryl methyl sites for hydroxylation is 1. The van der Waals surface area contributed by atoms with Gasteiger partial charge in [0.15, 0.2) is 5.78 Å². The third-order valence-corrected chi connectivity index (χ3v) is 5.88. The normalized spacial score (nSPS) is 15.5. The first-order valence-corrected chi connectivity index (χ1v) is 10.9. The fourth-order valence-electron chi connectivity index (χ4n) is 4.10. The highest BCUT2D eigenvalue weighted by Gasteiger charge is 2.42. The standard InChI is InChI=1S/C26H21N5O4/c1-14-6-8-16(9-7-14)25(33)30-31-26(34)27-19-5-3-4-18-20(19)24(32)21-22(28-29-23(18)21)15-10-12-17(35-2)13-11-15/h3-13,23H,1-2H3,(H,30,33)(H2,27,31,34). The number of ether oxygens (including phenoxy) is 1. The Morgan fingerprint density at radius 1 is 0.943 bits per heavy atom. The Balaban J connectivity index is 1.34. The molecule has 3 aromatic carbocycles. The van der Waals surface area contributed by atoms with E-state index >= 15 is 0 Å². The van der Waals surface area contributed by atoms with Gasteiger partial charge in [-0.25, -0.2) is 10.2 Å². The maximum atomic E-state index is 13.4. The first-order valence-electron chi connectivity index (χ1n) is 10.9. The first kappa shape index (κ1) is 22.0. The van der Waals surface area contributed by atoms with Crippen molar-refractivity contribution in [2.24, 2.45) is 10.2 Å². The molecule has 0 saturated heterocycles. The van der Waals surface area contributed by atoms with Crippen LogP contribution in [0.4, 0.5) is 10.5 Å². The molecule has 9 nitrogen and oxygen atoms in total. The van der Waals surface area contributed by atoms with Crippen LogP contribution >= 0.6 is 0 Å². The van der Waals surface area contributed by atoms with E-state index in [2.05, 4.69) is 26.4 Å². The number of urea groups is 1. The lowest BCUT2D eigenvalue weighted by Crippen LogP contribution is -2.44. The van der Waals surface area contributed by atoms with Crippen LogP contribution in [0.15, 0.2) is 82.5 Å². The number of fused-ring (bicyclic) bond motifs is 3. The topological polar surface area (TPSA) is 121 Å². The summed E-state index contributed by atoms with van der Waals surface area (Å²) in [4.78, 5) is 38.2. The summed E-state index contributed by atoms with van der Waals surface area (Å²) in [5.41, 5.74) is 9.16. The molecular formula is C26H21N5O4. The summed E-state index contributed by atoms with van der Waals surface area (Å²) < 4.78 is 5.20. The molecule has 0 bridgehead atoms. The van der Waals surface area contributed by atoms with E-state index in [4.69, 9.17) is 4.74 Å². The molecule has 1 heterocycles. The van der Waals surface area contributed by atoms with Crippen molar-refractivity contribution >= 4 is 29.1 Å². The number of hydrogen-bond donors (Lipinski definition) is 3. The van der Waals surface area contributed by atoms with Gasteiger partial charge in [0, 0.05) is 11.1 Å². The molecule has 2 aliphatic rings. The van der Waals surface area contributed by atoms with Crippen molar-refractivity contribution in [1.82, 2.24) is 10.9 Å². The third-order valence-electron chi connectivity index (χ3n) is 5.88. The van der Waals surface area contributed by atoms with Crippen molar-refractivity contribution in [3.8, 4) is 5.75 Å². The van der Waals surface area contributed by atoms with Gasteiger partial charge in [-0.15, -0.1) is 0 Å². The van der Waals surface area contributed by atoms with E-state index < -0.39 is 18.0 Å². The van der Waals surface area contributed by atoms with Crippen LogP contribution in [0.25, 0.3) is 5.70 Å². The summed E-state index contributed by atoms with van der Waals surface area (Å²) >= 11 is 0. The van der Waals surface area contributed by atoms with E-state index in [1.165, 1.54) is 0 Å². The van der Waals surface area contributed by atoms with E-state index in [9.17, 15) is 14.4 Å². The minimum Gasteiger partial charge on any atom is -0.497 e. The average molecular weight is 467 g/mol. The highest BCUT2D eigenvalue weighted by Crippen LogP contribution is 2.48. The van der Waals surface area contributed by atoms with E-state index in [0.29, 0.717) is 39.4 Å². The largest absolute Gasteiger partial charge is 0.497 e. The number of amides is 3. The summed E-state index contributed by atoms with van der Waals surface area (Å²) in [6.07, 6.45) is 0. The molecule has 35 heavy (non-hydrogen) atoms. The van der Waals surface area contributed by atoms with E-state index in [1.54, 1.807) is 61.7 Å². The Hall–Kier alpha value is -4.79. The zero-order chi connectivity index (χ0) is 24.5. The first-order chi connectivity index (χ1) is 17.0. The monoisotopic (exact) mass is 467 g/mol. The molecule has 174 valence electrons. The number of carbonyl (C=O) groups is 3.